The molecule has 0 bridgehead atoms. The van der Waals surface area contributed by atoms with Gasteiger partial charge in [0.25, 0.3) is 0 Å². The van der Waals surface area contributed by atoms with Crippen LogP contribution in [0, 0.1) is 0 Å². The summed E-state index contributed by atoms with van der Waals surface area (Å²) in [6.45, 7) is 5.40. The minimum Gasteiger partial charge on any atom is -0.459 e. The summed E-state index contributed by atoms with van der Waals surface area (Å²) in [6, 6.07) is 6.26. The van der Waals surface area contributed by atoms with Gasteiger partial charge in [0.15, 0.2) is 0 Å². The zero-order valence-corrected chi connectivity index (χ0v) is 11.6. The summed E-state index contributed by atoms with van der Waals surface area (Å²) in [5.74, 6) is -0.0222. The molecule has 1 aromatic carbocycles. The van der Waals surface area contributed by atoms with Gasteiger partial charge in [0, 0.05) is 5.56 Å². The number of esters is 1. The highest BCUT2D eigenvalue weighted by molar-refractivity contribution is 5.78. The van der Waals surface area contributed by atoms with Crippen LogP contribution in [0.3, 0.4) is 0 Å². The Labute approximate surface area is 116 Å². The third kappa shape index (κ3) is 3.39. The number of nitrogens with one attached hydrogen (secondary N) is 1. The fraction of sp³-hybridized carbons (Fsp3) is 0.385. The van der Waals surface area contributed by atoms with Crippen molar-refractivity contribution >= 4 is 5.97 Å². The van der Waals surface area contributed by atoms with E-state index in [9.17, 15) is 4.79 Å². The number of aromatic nitrogens is 4. The lowest BCUT2D eigenvalue weighted by atomic mass is 10.0. The van der Waals surface area contributed by atoms with E-state index in [1.54, 1.807) is 39.0 Å². The van der Waals surface area contributed by atoms with Gasteiger partial charge in [-0.15, -0.1) is 10.2 Å². The maximum atomic E-state index is 12.0. The molecular weight excluding hydrogens is 258 g/mol. The zero-order chi connectivity index (χ0) is 14.8. The number of benzene rings is 1. The molecule has 20 heavy (non-hydrogen) atoms. The molecule has 0 saturated heterocycles. The molecular formula is C13H17N5O2. The number of H-pyrrole nitrogens is 1. The molecule has 7 heteroatoms. The molecule has 0 radical (unpaired) electrons. The summed E-state index contributed by atoms with van der Waals surface area (Å²) in [5.41, 5.74) is 6.73. The van der Waals surface area contributed by atoms with Crippen molar-refractivity contribution in [3.8, 4) is 11.4 Å². The van der Waals surface area contributed by atoms with Crippen LogP contribution in [0.25, 0.3) is 11.4 Å². The SMILES string of the molecule is CC(C)(C)OC(=O)C(N)c1cccc(-c2nn[nH]n2)c1. The molecule has 1 unspecified atom stereocenters. The molecule has 0 fully saturated rings. The van der Waals surface area contributed by atoms with Crippen molar-refractivity contribution in [2.75, 3.05) is 0 Å². The molecule has 2 aromatic rings. The maximum Gasteiger partial charge on any atom is 0.328 e. The van der Waals surface area contributed by atoms with Crippen molar-refractivity contribution in [2.45, 2.75) is 32.4 Å². The number of hydrogen-bond acceptors (Lipinski definition) is 6. The Kier molecular flexibility index (Phi) is 3.80. The van der Waals surface area contributed by atoms with Gasteiger partial charge in [-0.1, -0.05) is 18.2 Å². The first-order valence-corrected chi connectivity index (χ1v) is 6.19. The molecule has 1 aromatic heterocycles. The fourth-order valence-electron chi connectivity index (χ4n) is 1.66. The number of aromatic amines is 1. The van der Waals surface area contributed by atoms with Crippen LogP contribution >= 0.6 is 0 Å². The largest absolute Gasteiger partial charge is 0.459 e. The van der Waals surface area contributed by atoms with E-state index in [2.05, 4.69) is 20.6 Å². The van der Waals surface area contributed by atoms with Crippen LogP contribution < -0.4 is 5.73 Å². The first-order valence-electron chi connectivity index (χ1n) is 6.19. The molecule has 0 amide bonds. The summed E-state index contributed by atoms with van der Waals surface area (Å²) in [5, 5.41) is 13.6. The quantitative estimate of drug-likeness (QED) is 0.815. The van der Waals surface area contributed by atoms with Gasteiger partial charge < -0.3 is 10.5 Å². The van der Waals surface area contributed by atoms with E-state index in [0.717, 1.165) is 5.56 Å². The third-order valence-corrected chi connectivity index (χ3v) is 2.51. The highest BCUT2D eigenvalue weighted by Crippen LogP contribution is 2.21. The standard InChI is InChI=1S/C13H17N5O2/c1-13(2,3)20-12(19)10(14)8-5-4-6-9(7-8)11-15-17-18-16-11/h4-7,10H,14H2,1-3H3,(H,15,16,17,18). The van der Waals surface area contributed by atoms with Crippen LogP contribution in [0.15, 0.2) is 24.3 Å². The van der Waals surface area contributed by atoms with Crippen LogP contribution in [0.2, 0.25) is 0 Å². The number of nitrogens with two attached hydrogens (primary N) is 1. The second-order valence-electron chi connectivity index (χ2n) is 5.37. The lowest BCUT2D eigenvalue weighted by Crippen LogP contribution is -2.31. The minimum absolute atomic E-state index is 0.447. The molecule has 7 nitrogen and oxygen atoms in total. The van der Waals surface area contributed by atoms with Crippen molar-refractivity contribution < 1.29 is 9.53 Å². The number of carbonyl (C=O) groups is 1. The Balaban J connectivity index is 2.21. The molecule has 3 N–H and O–H groups in total. The Morgan fingerprint density at radius 3 is 2.75 bits per heavy atom. The Morgan fingerprint density at radius 1 is 1.40 bits per heavy atom. The van der Waals surface area contributed by atoms with Crippen molar-refractivity contribution in [2.24, 2.45) is 5.73 Å². The topological polar surface area (TPSA) is 107 Å². The van der Waals surface area contributed by atoms with Gasteiger partial charge in [0.05, 0.1) is 0 Å². The molecule has 0 aliphatic carbocycles. The fourth-order valence-corrected chi connectivity index (χ4v) is 1.66. The number of hydrogen-bond donors (Lipinski definition) is 2. The van der Waals surface area contributed by atoms with Crippen molar-refractivity contribution in [1.82, 2.24) is 20.6 Å². The molecule has 0 spiro atoms. The minimum atomic E-state index is -0.846. The average Bonchev–Trinajstić information content (AvgIpc) is 2.90. The van der Waals surface area contributed by atoms with E-state index < -0.39 is 17.6 Å². The lowest BCUT2D eigenvalue weighted by molar-refractivity contribution is -0.156. The Morgan fingerprint density at radius 2 is 2.15 bits per heavy atom. The van der Waals surface area contributed by atoms with Crippen molar-refractivity contribution in [3.63, 3.8) is 0 Å². The van der Waals surface area contributed by atoms with Gasteiger partial charge in [-0.05, 0) is 37.6 Å². The Hall–Kier alpha value is -2.28. The van der Waals surface area contributed by atoms with E-state index in [1.807, 2.05) is 6.07 Å². The molecule has 106 valence electrons. The summed E-state index contributed by atoms with van der Waals surface area (Å²) < 4.78 is 5.27. The van der Waals surface area contributed by atoms with E-state index >= 15 is 0 Å². The van der Waals surface area contributed by atoms with Crippen LogP contribution in [-0.2, 0) is 9.53 Å². The van der Waals surface area contributed by atoms with E-state index in [-0.39, 0.29) is 0 Å². The highest BCUT2D eigenvalue weighted by atomic mass is 16.6. The summed E-state index contributed by atoms with van der Waals surface area (Å²) in [7, 11) is 0. The number of tetrazole rings is 1. The zero-order valence-electron chi connectivity index (χ0n) is 11.6. The maximum absolute atomic E-state index is 12.0. The van der Waals surface area contributed by atoms with Gasteiger partial charge in [0.2, 0.25) is 5.82 Å². The van der Waals surface area contributed by atoms with E-state index in [4.69, 9.17) is 10.5 Å². The highest BCUT2D eigenvalue weighted by Gasteiger charge is 2.23. The summed E-state index contributed by atoms with van der Waals surface area (Å²) in [4.78, 5) is 12.0. The van der Waals surface area contributed by atoms with Crippen LogP contribution in [0.5, 0.6) is 0 Å². The molecule has 1 atom stereocenters. The predicted molar refractivity (Wildman–Crippen MR) is 72.4 cm³/mol. The van der Waals surface area contributed by atoms with Crippen LogP contribution in [0.1, 0.15) is 32.4 Å². The number of rotatable bonds is 3. The van der Waals surface area contributed by atoms with Gasteiger partial charge in [-0.3, -0.25) is 0 Å². The number of nitrogens with zero attached hydrogens (tertiary/aromatic N) is 3. The smallest absolute Gasteiger partial charge is 0.328 e. The van der Waals surface area contributed by atoms with Crippen LogP contribution in [-0.4, -0.2) is 32.2 Å². The van der Waals surface area contributed by atoms with E-state index in [0.29, 0.717) is 11.4 Å². The molecule has 2 rings (SSSR count). The molecule has 1 heterocycles. The second-order valence-corrected chi connectivity index (χ2v) is 5.37. The molecule has 0 aliphatic heterocycles. The number of carbonyl (C=O) groups excluding carboxylic acids is 1. The van der Waals surface area contributed by atoms with Crippen molar-refractivity contribution in [3.05, 3.63) is 29.8 Å². The number of ether oxygens (including phenoxy) is 1. The van der Waals surface area contributed by atoms with Gasteiger partial charge in [-0.25, -0.2) is 4.79 Å². The first kappa shape index (κ1) is 14.1. The van der Waals surface area contributed by atoms with Gasteiger partial charge in [-0.2, -0.15) is 5.21 Å². The van der Waals surface area contributed by atoms with Gasteiger partial charge >= 0.3 is 5.97 Å². The summed E-state index contributed by atoms with van der Waals surface area (Å²) >= 11 is 0. The lowest BCUT2D eigenvalue weighted by Gasteiger charge is -2.22. The van der Waals surface area contributed by atoms with E-state index in [1.165, 1.54) is 0 Å². The molecule has 0 aliphatic rings. The van der Waals surface area contributed by atoms with Gasteiger partial charge in [0.1, 0.15) is 11.6 Å². The van der Waals surface area contributed by atoms with Crippen LogP contribution in [0.4, 0.5) is 0 Å². The Bertz CT molecular complexity index is 589. The average molecular weight is 275 g/mol. The first-order chi connectivity index (χ1) is 9.37. The third-order valence-electron chi connectivity index (χ3n) is 2.51. The summed E-state index contributed by atoms with van der Waals surface area (Å²) in [6.07, 6.45) is 0. The van der Waals surface area contributed by atoms with Crippen molar-refractivity contribution in [1.29, 1.82) is 0 Å². The predicted octanol–water partition coefficient (Wildman–Crippen LogP) is 1.21. The monoisotopic (exact) mass is 275 g/mol. The molecule has 0 saturated carbocycles. The normalized spacial score (nSPS) is 13.0. The second kappa shape index (κ2) is 5.38.